The molecule has 0 saturated heterocycles. The van der Waals surface area contributed by atoms with Crippen LogP contribution in [0.15, 0.2) is 4.79 Å². The Balaban J connectivity index is 2.68. The molecule has 0 saturated carbocycles. The molecule has 52 valence electrons. The SMILES string of the molecule is C#CCCc1ns[nH]c1=O. The van der Waals surface area contributed by atoms with Gasteiger partial charge in [-0.2, -0.15) is 4.37 Å². The van der Waals surface area contributed by atoms with Crippen LogP contribution in [0, 0.1) is 12.3 Å². The summed E-state index contributed by atoms with van der Waals surface area (Å²) in [5.41, 5.74) is 0.434. The summed E-state index contributed by atoms with van der Waals surface area (Å²) in [5.74, 6) is 2.45. The van der Waals surface area contributed by atoms with Gasteiger partial charge >= 0.3 is 0 Å². The Hall–Kier alpha value is -1.08. The minimum absolute atomic E-state index is 0.111. The van der Waals surface area contributed by atoms with Crippen molar-refractivity contribution in [1.29, 1.82) is 0 Å². The maximum atomic E-state index is 10.7. The van der Waals surface area contributed by atoms with Crippen LogP contribution in [0.2, 0.25) is 0 Å². The van der Waals surface area contributed by atoms with Crippen LogP contribution >= 0.6 is 11.7 Å². The molecule has 0 aliphatic carbocycles. The van der Waals surface area contributed by atoms with E-state index < -0.39 is 0 Å². The van der Waals surface area contributed by atoms with Gasteiger partial charge in [0.15, 0.2) is 0 Å². The monoisotopic (exact) mass is 154 g/mol. The molecule has 0 spiro atoms. The van der Waals surface area contributed by atoms with Gasteiger partial charge in [-0.3, -0.25) is 9.17 Å². The van der Waals surface area contributed by atoms with E-state index in [0.717, 1.165) is 11.7 Å². The number of terminal acetylenes is 1. The van der Waals surface area contributed by atoms with Gasteiger partial charge in [-0.1, -0.05) is 0 Å². The fraction of sp³-hybridized carbons (Fsp3) is 0.333. The molecule has 1 rings (SSSR count). The molecule has 1 heterocycles. The zero-order valence-corrected chi connectivity index (χ0v) is 6.07. The van der Waals surface area contributed by atoms with E-state index in [9.17, 15) is 4.79 Å². The standard InChI is InChI=1S/C6H6N2OS/c1-2-3-4-5-6(9)8-10-7-5/h1H,3-4H2,(H,8,9). The van der Waals surface area contributed by atoms with Crippen LogP contribution in [0.25, 0.3) is 0 Å². The van der Waals surface area contributed by atoms with Gasteiger partial charge in [0.1, 0.15) is 5.69 Å². The lowest BCUT2D eigenvalue weighted by Gasteiger charge is -1.82. The molecule has 0 radical (unpaired) electrons. The highest BCUT2D eigenvalue weighted by atomic mass is 32.1. The summed E-state index contributed by atoms with van der Waals surface area (Å²) in [6.07, 6.45) is 6.16. The van der Waals surface area contributed by atoms with Gasteiger partial charge < -0.3 is 0 Å². The number of aromatic amines is 1. The Bertz CT molecular complexity index is 293. The van der Waals surface area contributed by atoms with Crippen LogP contribution in [0.4, 0.5) is 0 Å². The quantitative estimate of drug-likeness (QED) is 0.626. The second-order valence-electron chi connectivity index (χ2n) is 1.76. The van der Waals surface area contributed by atoms with Crippen molar-refractivity contribution < 1.29 is 0 Å². The normalized spacial score (nSPS) is 9.10. The van der Waals surface area contributed by atoms with Crippen molar-refractivity contribution in [3.05, 3.63) is 16.0 Å². The van der Waals surface area contributed by atoms with Crippen LogP contribution in [-0.4, -0.2) is 8.75 Å². The van der Waals surface area contributed by atoms with Crippen molar-refractivity contribution >= 4 is 11.7 Å². The number of nitrogens with one attached hydrogen (secondary N) is 1. The smallest absolute Gasteiger partial charge is 0.267 e. The fourth-order valence-corrected chi connectivity index (χ4v) is 1.10. The van der Waals surface area contributed by atoms with Gasteiger partial charge in [-0.25, -0.2) is 0 Å². The van der Waals surface area contributed by atoms with Gasteiger partial charge in [0.2, 0.25) is 0 Å². The number of aryl methyl sites for hydroxylation is 1. The minimum Gasteiger partial charge on any atom is -0.267 e. The number of nitrogens with zero attached hydrogens (tertiary/aromatic N) is 1. The van der Waals surface area contributed by atoms with E-state index in [4.69, 9.17) is 6.42 Å². The summed E-state index contributed by atoms with van der Waals surface area (Å²) in [7, 11) is 0. The summed E-state index contributed by atoms with van der Waals surface area (Å²) >= 11 is 1.06. The zero-order chi connectivity index (χ0) is 7.40. The molecule has 1 aromatic heterocycles. The largest absolute Gasteiger partial charge is 0.281 e. The van der Waals surface area contributed by atoms with Gasteiger partial charge in [0.25, 0.3) is 5.56 Å². The fourth-order valence-electron chi connectivity index (χ4n) is 0.569. The molecule has 0 bridgehead atoms. The molecule has 0 atom stereocenters. The van der Waals surface area contributed by atoms with Crippen LogP contribution in [0.5, 0.6) is 0 Å². The molecule has 10 heavy (non-hydrogen) atoms. The van der Waals surface area contributed by atoms with Crippen LogP contribution in [0.3, 0.4) is 0 Å². The van der Waals surface area contributed by atoms with Gasteiger partial charge in [0, 0.05) is 24.6 Å². The van der Waals surface area contributed by atoms with Crippen molar-refractivity contribution in [2.45, 2.75) is 12.8 Å². The predicted octanol–water partition coefficient (Wildman–Crippen LogP) is 0.397. The molecular weight excluding hydrogens is 148 g/mol. The average Bonchev–Trinajstić information content (AvgIpc) is 2.31. The van der Waals surface area contributed by atoms with E-state index >= 15 is 0 Å². The number of hydrogen-bond acceptors (Lipinski definition) is 3. The molecule has 4 heteroatoms. The van der Waals surface area contributed by atoms with E-state index in [1.807, 2.05) is 0 Å². The van der Waals surface area contributed by atoms with Gasteiger partial charge in [0.05, 0.1) is 0 Å². The maximum absolute atomic E-state index is 10.7. The second-order valence-corrected chi connectivity index (χ2v) is 2.33. The first-order valence-corrected chi connectivity index (χ1v) is 3.58. The number of aromatic nitrogens is 2. The molecule has 3 nitrogen and oxygen atoms in total. The number of rotatable bonds is 2. The van der Waals surface area contributed by atoms with Crippen LogP contribution in [-0.2, 0) is 6.42 Å². The van der Waals surface area contributed by atoms with E-state index in [-0.39, 0.29) is 5.56 Å². The summed E-state index contributed by atoms with van der Waals surface area (Å²) in [6, 6.07) is 0. The lowest BCUT2D eigenvalue weighted by atomic mass is 10.2. The molecule has 0 unspecified atom stereocenters. The van der Waals surface area contributed by atoms with Crippen molar-refractivity contribution in [3.63, 3.8) is 0 Å². The summed E-state index contributed by atoms with van der Waals surface area (Å²) in [4.78, 5) is 10.7. The van der Waals surface area contributed by atoms with E-state index in [1.54, 1.807) is 0 Å². The summed E-state index contributed by atoms with van der Waals surface area (Å²) in [5, 5.41) is 0. The highest BCUT2D eigenvalue weighted by Crippen LogP contribution is 1.91. The highest BCUT2D eigenvalue weighted by Gasteiger charge is 1.99. The maximum Gasteiger partial charge on any atom is 0.281 e. The second kappa shape index (κ2) is 3.18. The van der Waals surface area contributed by atoms with Crippen LogP contribution in [0.1, 0.15) is 12.1 Å². The van der Waals surface area contributed by atoms with Gasteiger partial charge in [-0.05, 0) is 0 Å². The Morgan fingerprint density at radius 1 is 1.80 bits per heavy atom. The molecule has 0 amide bonds. The third-order valence-electron chi connectivity index (χ3n) is 1.06. The lowest BCUT2D eigenvalue weighted by Crippen LogP contribution is -2.05. The van der Waals surface area contributed by atoms with Crippen molar-refractivity contribution in [2.24, 2.45) is 0 Å². The zero-order valence-electron chi connectivity index (χ0n) is 5.26. The Morgan fingerprint density at radius 2 is 2.60 bits per heavy atom. The van der Waals surface area contributed by atoms with E-state index in [0.29, 0.717) is 18.5 Å². The van der Waals surface area contributed by atoms with E-state index in [1.165, 1.54) is 0 Å². The molecule has 0 fully saturated rings. The summed E-state index contributed by atoms with van der Waals surface area (Å²) < 4.78 is 6.32. The molecule has 0 aliphatic heterocycles. The molecule has 0 aromatic carbocycles. The average molecular weight is 154 g/mol. The molecular formula is C6H6N2OS. The molecule has 0 aliphatic rings. The Morgan fingerprint density at radius 3 is 3.10 bits per heavy atom. The van der Waals surface area contributed by atoms with Crippen molar-refractivity contribution in [1.82, 2.24) is 8.75 Å². The third kappa shape index (κ3) is 1.45. The molecule has 1 N–H and O–H groups in total. The van der Waals surface area contributed by atoms with Crippen molar-refractivity contribution in [3.8, 4) is 12.3 Å². The van der Waals surface area contributed by atoms with E-state index in [2.05, 4.69) is 14.7 Å². The first-order chi connectivity index (χ1) is 4.84. The number of hydrogen-bond donors (Lipinski definition) is 1. The van der Waals surface area contributed by atoms with Crippen molar-refractivity contribution in [2.75, 3.05) is 0 Å². The van der Waals surface area contributed by atoms with Crippen LogP contribution < -0.4 is 5.56 Å². The number of H-pyrrole nitrogens is 1. The Kier molecular flexibility index (Phi) is 2.24. The first kappa shape index (κ1) is 7.03. The predicted molar refractivity (Wildman–Crippen MR) is 39.9 cm³/mol. The Labute approximate surface area is 62.4 Å². The topological polar surface area (TPSA) is 45.8 Å². The lowest BCUT2D eigenvalue weighted by molar-refractivity contribution is 0.973. The minimum atomic E-state index is -0.111. The third-order valence-corrected chi connectivity index (χ3v) is 1.65. The highest BCUT2D eigenvalue weighted by molar-refractivity contribution is 6.99. The van der Waals surface area contributed by atoms with Gasteiger partial charge in [-0.15, -0.1) is 12.3 Å². The summed E-state index contributed by atoms with van der Waals surface area (Å²) in [6.45, 7) is 0. The first-order valence-electron chi connectivity index (χ1n) is 2.81. The molecule has 1 aromatic rings.